The number of thioether (sulfide) groups is 1. The van der Waals surface area contributed by atoms with Crippen LogP contribution in [0.3, 0.4) is 0 Å². The summed E-state index contributed by atoms with van der Waals surface area (Å²) in [7, 11) is 0. The van der Waals surface area contributed by atoms with E-state index in [2.05, 4.69) is 10.3 Å². The number of aliphatic imine (C=N–C) groups is 1. The largest absolute Gasteiger partial charge is 0.393 e. The summed E-state index contributed by atoms with van der Waals surface area (Å²) < 4.78 is -0.388. The third-order valence-corrected chi connectivity index (χ3v) is 5.58. The van der Waals surface area contributed by atoms with Crippen molar-refractivity contribution in [2.24, 2.45) is 10.9 Å². The van der Waals surface area contributed by atoms with Gasteiger partial charge >= 0.3 is 0 Å². The number of amidine groups is 1. The highest BCUT2D eigenvalue weighted by Gasteiger charge is 2.40. The van der Waals surface area contributed by atoms with E-state index in [1.54, 1.807) is 11.8 Å². The van der Waals surface area contributed by atoms with Gasteiger partial charge in [0, 0.05) is 6.04 Å². The highest BCUT2D eigenvalue weighted by Crippen LogP contribution is 2.37. The minimum atomic E-state index is -0.388. The summed E-state index contributed by atoms with van der Waals surface area (Å²) >= 11 is 1.56. The Bertz CT molecular complexity index is 384. The van der Waals surface area contributed by atoms with Crippen LogP contribution in [0.1, 0.15) is 52.9 Å². The van der Waals surface area contributed by atoms with Crippen molar-refractivity contribution in [3.05, 3.63) is 0 Å². The fraction of sp³-hybridized carbons (Fsp3) is 0.857. The molecule has 2 aliphatic rings. The first-order chi connectivity index (χ1) is 8.94. The first-order valence-corrected chi connectivity index (χ1v) is 8.03. The molecule has 2 rings (SSSR count). The van der Waals surface area contributed by atoms with Gasteiger partial charge in [0.1, 0.15) is 4.75 Å². The quantitative estimate of drug-likeness (QED) is 0.831. The van der Waals surface area contributed by atoms with Gasteiger partial charge in [0.15, 0.2) is 5.17 Å². The van der Waals surface area contributed by atoms with Crippen LogP contribution in [0, 0.1) is 5.92 Å². The Morgan fingerprint density at radius 3 is 2.89 bits per heavy atom. The Morgan fingerprint density at radius 2 is 2.32 bits per heavy atom. The van der Waals surface area contributed by atoms with Crippen LogP contribution < -0.4 is 5.32 Å². The van der Waals surface area contributed by atoms with Gasteiger partial charge in [0.05, 0.1) is 6.10 Å². The van der Waals surface area contributed by atoms with Crippen LogP contribution >= 0.6 is 11.8 Å². The smallest absolute Gasteiger partial charge is 0.264 e. The van der Waals surface area contributed by atoms with Gasteiger partial charge in [-0.05, 0) is 45.4 Å². The second-order valence-electron chi connectivity index (χ2n) is 5.94. The number of rotatable bonds is 4. The maximum Gasteiger partial charge on any atom is 0.264 e. The number of aliphatic hydroxyl groups is 1. The Labute approximate surface area is 119 Å². The number of hydrogen-bond donors (Lipinski definition) is 2. The monoisotopic (exact) mass is 284 g/mol. The average molecular weight is 284 g/mol. The summed E-state index contributed by atoms with van der Waals surface area (Å²) in [5, 5.41) is 13.7. The Hall–Kier alpha value is -0.550. The Balaban J connectivity index is 1.95. The summed E-state index contributed by atoms with van der Waals surface area (Å²) in [6, 6.07) is 0.354. The van der Waals surface area contributed by atoms with E-state index in [0.29, 0.717) is 12.0 Å². The van der Waals surface area contributed by atoms with E-state index in [9.17, 15) is 9.90 Å². The van der Waals surface area contributed by atoms with Crippen LogP contribution in [0.4, 0.5) is 0 Å². The van der Waals surface area contributed by atoms with Crippen LogP contribution in [0.15, 0.2) is 4.99 Å². The van der Waals surface area contributed by atoms with Crippen molar-refractivity contribution < 1.29 is 9.90 Å². The molecule has 1 aliphatic heterocycles. The zero-order valence-corrected chi connectivity index (χ0v) is 12.8. The standard InChI is InChI=1S/C14H24N2O2S/c1-4-14(3)12(18)16-13(19-14)15-11-7-5-6-10(11)8-9(2)17/h9-11,17H,4-8H2,1-3H3,(H,15,16,18)/t9-,10-,11+,14?/m1/s1. The maximum atomic E-state index is 11.9. The highest BCUT2D eigenvalue weighted by atomic mass is 32.2. The molecule has 0 aromatic rings. The van der Waals surface area contributed by atoms with Gasteiger partial charge in [0.25, 0.3) is 5.91 Å². The lowest BCUT2D eigenvalue weighted by Crippen LogP contribution is -2.37. The van der Waals surface area contributed by atoms with E-state index in [0.717, 1.165) is 30.9 Å². The third-order valence-electron chi connectivity index (χ3n) is 4.26. The van der Waals surface area contributed by atoms with E-state index in [-0.39, 0.29) is 16.8 Å². The van der Waals surface area contributed by atoms with Crippen molar-refractivity contribution in [2.45, 2.75) is 69.8 Å². The molecule has 19 heavy (non-hydrogen) atoms. The Morgan fingerprint density at radius 1 is 1.58 bits per heavy atom. The van der Waals surface area contributed by atoms with Crippen LogP contribution in [0.25, 0.3) is 0 Å². The topological polar surface area (TPSA) is 61.7 Å². The molecule has 1 aliphatic carbocycles. The molecule has 1 unspecified atom stereocenters. The van der Waals surface area contributed by atoms with Crippen molar-refractivity contribution in [2.75, 3.05) is 0 Å². The summed E-state index contributed by atoms with van der Waals surface area (Å²) in [6.45, 7) is 5.82. The van der Waals surface area contributed by atoms with Crippen molar-refractivity contribution in [1.29, 1.82) is 0 Å². The molecule has 1 fully saturated rings. The molecular weight excluding hydrogens is 260 g/mol. The van der Waals surface area contributed by atoms with Crippen molar-refractivity contribution in [3.63, 3.8) is 0 Å². The SMILES string of the molecule is CCC1(C)SC(N[C@H]2CCC[C@@H]2C[C@@H](C)O)=NC1=O. The molecule has 0 aromatic heterocycles. The van der Waals surface area contributed by atoms with Crippen LogP contribution in [0.5, 0.6) is 0 Å². The molecular formula is C14H24N2O2S. The van der Waals surface area contributed by atoms with E-state index >= 15 is 0 Å². The summed E-state index contributed by atoms with van der Waals surface area (Å²) in [5.74, 6) is 0.472. The van der Waals surface area contributed by atoms with Gasteiger partial charge in [-0.3, -0.25) is 4.79 Å². The molecule has 1 saturated carbocycles. The van der Waals surface area contributed by atoms with Crippen molar-refractivity contribution >= 4 is 22.8 Å². The molecule has 4 nitrogen and oxygen atoms in total. The molecule has 2 N–H and O–H groups in total. The summed E-state index contributed by atoms with van der Waals surface area (Å²) in [5.41, 5.74) is 0. The number of nitrogens with zero attached hydrogens (tertiary/aromatic N) is 1. The minimum Gasteiger partial charge on any atom is -0.393 e. The van der Waals surface area contributed by atoms with E-state index in [1.807, 2.05) is 20.8 Å². The molecule has 0 aromatic carbocycles. The predicted molar refractivity (Wildman–Crippen MR) is 79.3 cm³/mol. The highest BCUT2D eigenvalue weighted by molar-refractivity contribution is 8.16. The number of hydrogen-bond acceptors (Lipinski definition) is 4. The fourth-order valence-corrected chi connectivity index (χ4v) is 3.92. The molecule has 0 radical (unpaired) electrons. The van der Waals surface area contributed by atoms with Crippen LogP contribution in [-0.4, -0.2) is 33.1 Å². The number of amides is 1. The lowest BCUT2D eigenvalue weighted by Gasteiger charge is -2.23. The third kappa shape index (κ3) is 3.31. The Kier molecular flexibility index (Phi) is 4.56. The maximum absolute atomic E-state index is 11.9. The van der Waals surface area contributed by atoms with E-state index < -0.39 is 0 Å². The van der Waals surface area contributed by atoms with Gasteiger partial charge in [-0.15, -0.1) is 0 Å². The predicted octanol–water partition coefficient (Wildman–Crippen LogP) is 2.31. The number of nitrogens with one attached hydrogen (secondary N) is 1. The second-order valence-corrected chi connectivity index (χ2v) is 7.43. The first-order valence-electron chi connectivity index (χ1n) is 7.21. The van der Waals surface area contributed by atoms with E-state index in [4.69, 9.17) is 0 Å². The number of carbonyl (C=O) groups is 1. The zero-order chi connectivity index (χ0) is 14.0. The molecule has 4 atom stereocenters. The van der Waals surface area contributed by atoms with Gasteiger partial charge in [-0.25, -0.2) is 0 Å². The van der Waals surface area contributed by atoms with Gasteiger partial charge < -0.3 is 10.4 Å². The summed E-state index contributed by atoms with van der Waals surface area (Å²) in [6.07, 6.45) is 4.81. The van der Waals surface area contributed by atoms with Crippen molar-refractivity contribution in [1.82, 2.24) is 5.32 Å². The van der Waals surface area contributed by atoms with Crippen molar-refractivity contribution in [3.8, 4) is 0 Å². The zero-order valence-electron chi connectivity index (χ0n) is 12.0. The lowest BCUT2D eigenvalue weighted by atomic mass is 9.97. The van der Waals surface area contributed by atoms with Gasteiger partial charge in [-0.2, -0.15) is 4.99 Å². The molecule has 0 bridgehead atoms. The minimum absolute atomic E-state index is 0.0208. The number of carbonyl (C=O) groups excluding carboxylic acids is 1. The normalized spacial score (nSPS) is 36.4. The van der Waals surface area contributed by atoms with Crippen LogP contribution in [0.2, 0.25) is 0 Å². The molecule has 108 valence electrons. The summed E-state index contributed by atoms with van der Waals surface area (Å²) in [4.78, 5) is 16.0. The fourth-order valence-electron chi connectivity index (χ4n) is 2.88. The van der Waals surface area contributed by atoms with Gasteiger partial charge in [0.2, 0.25) is 0 Å². The molecule has 1 heterocycles. The average Bonchev–Trinajstić information content (AvgIpc) is 2.86. The first kappa shape index (κ1) is 14.9. The van der Waals surface area contributed by atoms with Gasteiger partial charge in [-0.1, -0.05) is 25.1 Å². The lowest BCUT2D eigenvalue weighted by molar-refractivity contribution is -0.119. The van der Waals surface area contributed by atoms with E-state index in [1.165, 1.54) is 6.42 Å². The molecule has 1 amide bonds. The molecule has 0 saturated heterocycles. The second kappa shape index (κ2) is 5.83. The van der Waals surface area contributed by atoms with Crippen LogP contribution in [-0.2, 0) is 4.79 Å². The molecule has 0 spiro atoms. The number of aliphatic hydroxyl groups excluding tert-OH is 1. The molecule has 5 heteroatoms.